The molecule has 4 nitrogen and oxygen atoms in total. The van der Waals surface area contributed by atoms with E-state index in [1.54, 1.807) is 23.9 Å². The number of nitrogens with zero attached hydrogens (tertiary/aromatic N) is 2. The van der Waals surface area contributed by atoms with Gasteiger partial charge in [-0.2, -0.15) is 0 Å². The molecule has 0 aliphatic carbocycles. The third-order valence-electron chi connectivity index (χ3n) is 2.38. The van der Waals surface area contributed by atoms with Gasteiger partial charge in [0.15, 0.2) is 0 Å². The molecule has 0 saturated heterocycles. The molecule has 0 rings (SSSR count). The van der Waals surface area contributed by atoms with Crippen molar-refractivity contribution >= 4 is 6.03 Å². The summed E-state index contributed by atoms with van der Waals surface area (Å²) in [5, 5.41) is 0. The lowest BCUT2D eigenvalue weighted by atomic mass is 10.3. The predicted octanol–water partition coefficient (Wildman–Crippen LogP) is 0.726. The molecule has 0 aromatic heterocycles. The molecule has 0 bridgehead atoms. The normalized spacial score (nSPS) is 12.8. The van der Waals surface area contributed by atoms with Gasteiger partial charge in [0.05, 0.1) is 0 Å². The molecule has 0 aromatic rings. The number of hydrogen-bond donors (Lipinski definition) is 1. The van der Waals surface area contributed by atoms with Crippen molar-refractivity contribution in [3.63, 3.8) is 0 Å². The van der Waals surface area contributed by atoms with Crippen molar-refractivity contribution in [3.8, 4) is 0 Å². The average Bonchev–Trinajstić information content (AvgIpc) is 2.12. The van der Waals surface area contributed by atoms with Gasteiger partial charge >= 0.3 is 6.03 Å². The van der Waals surface area contributed by atoms with Gasteiger partial charge in [0, 0.05) is 32.7 Å². The Balaban J connectivity index is 4.25. The Morgan fingerprint density at radius 1 is 1.23 bits per heavy atom. The average molecular weight is 187 g/mol. The molecular formula is C9H21N3O. The Hall–Kier alpha value is -0.770. The van der Waals surface area contributed by atoms with Crippen molar-refractivity contribution in [2.45, 2.75) is 32.9 Å². The highest BCUT2D eigenvalue weighted by atomic mass is 16.2. The van der Waals surface area contributed by atoms with Gasteiger partial charge in [-0.3, -0.25) is 0 Å². The topological polar surface area (TPSA) is 49.6 Å². The Bertz CT molecular complexity index is 170. The first-order valence-corrected chi connectivity index (χ1v) is 4.61. The van der Waals surface area contributed by atoms with E-state index in [1.807, 2.05) is 20.8 Å². The predicted molar refractivity (Wildman–Crippen MR) is 54.6 cm³/mol. The highest BCUT2D eigenvalue weighted by molar-refractivity contribution is 5.74. The van der Waals surface area contributed by atoms with E-state index in [2.05, 4.69) is 0 Å². The number of rotatable bonds is 3. The standard InChI is InChI=1S/C9H21N3O/c1-7(2)11(4)9(13)12(5)8(3)6-10/h7-8H,6,10H2,1-5H3. The summed E-state index contributed by atoms with van der Waals surface area (Å²) in [5.41, 5.74) is 5.47. The number of amides is 2. The van der Waals surface area contributed by atoms with Crippen LogP contribution in [0.4, 0.5) is 4.79 Å². The molecule has 0 radical (unpaired) electrons. The van der Waals surface area contributed by atoms with Crippen molar-refractivity contribution in [1.82, 2.24) is 9.80 Å². The fourth-order valence-corrected chi connectivity index (χ4v) is 0.816. The van der Waals surface area contributed by atoms with E-state index >= 15 is 0 Å². The highest BCUT2D eigenvalue weighted by Gasteiger charge is 2.19. The zero-order valence-corrected chi connectivity index (χ0v) is 9.24. The summed E-state index contributed by atoms with van der Waals surface area (Å²) < 4.78 is 0. The van der Waals surface area contributed by atoms with E-state index in [9.17, 15) is 4.79 Å². The second-order valence-corrected chi connectivity index (χ2v) is 3.68. The monoisotopic (exact) mass is 187 g/mol. The van der Waals surface area contributed by atoms with Gasteiger partial charge in [-0.25, -0.2) is 4.79 Å². The van der Waals surface area contributed by atoms with Crippen LogP contribution in [0.1, 0.15) is 20.8 Å². The van der Waals surface area contributed by atoms with E-state index in [1.165, 1.54) is 0 Å². The fourth-order valence-electron chi connectivity index (χ4n) is 0.816. The van der Waals surface area contributed by atoms with Crippen molar-refractivity contribution in [2.24, 2.45) is 5.73 Å². The zero-order chi connectivity index (χ0) is 10.6. The van der Waals surface area contributed by atoms with Gasteiger partial charge in [-0.1, -0.05) is 0 Å². The van der Waals surface area contributed by atoms with Crippen molar-refractivity contribution in [1.29, 1.82) is 0 Å². The van der Waals surface area contributed by atoms with Crippen LogP contribution < -0.4 is 5.73 Å². The zero-order valence-electron chi connectivity index (χ0n) is 9.24. The fraction of sp³-hybridized carbons (Fsp3) is 0.889. The first-order chi connectivity index (χ1) is 5.91. The van der Waals surface area contributed by atoms with Gasteiger partial charge in [-0.05, 0) is 20.8 Å². The minimum absolute atomic E-state index is 0.0213. The molecule has 78 valence electrons. The van der Waals surface area contributed by atoms with Crippen LogP contribution in [0.5, 0.6) is 0 Å². The summed E-state index contributed by atoms with van der Waals surface area (Å²) in [7, 11) is 3.57. The quantitative estimate of drug-likeness (QED) is 0.708. The van der Waals surface area contributed by atoms with Gasteiger partial charge in [0.1, 0.15) is 0 Å². The summed E-state index contributed by atoms with van der Waals surface area (Å²) in [6.07, 6.45) is 0. The lowest BCUT2D eigenvalue weighted by molar-refractivity contribution is 0.150. The first kappa shape index (κ1) is 12.2. The summed E-state index contributed by atoms with van der Waals surface area (Å²) >= 11 is 0. The molecule has 0 aliphatic rings. The van der Waals surface area contributed by atoms with E-state index < -0.39 is 0 Å². The molecule has 0 fully saturated rings. The second kappa shape index (κ2) is 5.07. The molecule has 4 heteroatoms. The second-order valence-electron chi connectivity index (χ2n) is 3.68. The SMILES string of the molecule is CC(C)N(C)C(=O)N(C)C(C)CN. The van der Waals surface area contributed by atoms with Crippen LogP contribution >= 0.6 is 0 Å². The number of likely N-dealkylation sites (N-methyl/N-ethyl adjacent to an activating group) is 1. The molecule has 0 heterocycles. The summed E-state index contributed by atoms with van der Waals surface area (Å²) in [5.74, 6) is 0. The Kier molecular flexibility index (Phi) is 4.77. The minimum Gasteiger partial charge on any atom is -0.328 e. The van der Waals surface area contributed by atoms with Gasteiger partial charge in [0.25, 0.3) is 0 Å². The van der Waals surface area contributed by atoms with Crippen LogP contribution in [0.3, 0.4) is 0 Å². The van der Waals surface area contributed by atoms with Gasteiger partial charge in [0.2, 0.25) is 0 Å². The Labute approximate surface area is 80.7 Å². The third kappa shape index (κ3) is 3.22. The molecule has 2 N–H and O–H groups in total. The highest BCUT2D eigenvalue weighted by Crippen LogP contribution is 2.02. The van der Waals surface area contributed by atoms with Crippen LogP contribution in [-0.4, -0.2) is 48.6 Å². The van der Waals surface area contributed by atoms with Crippen LogP contribution in [0.15, 0.2) is 0 Å². The van der Waals surface area contributed by atoms with E-state index in [-0.39, 0.29) is 18.1 Å². The van der Waals surface area contributed by atoms with E-state index in [4.69, 9.17) is 5.73 Å². The van der Waals surface area contributed by atoms with Crippen LogP contribution in [0.25, 0.3) is 0 Å². The van der Waals surface area contributed by atoms with Crippen LogP contribution in [0.2, 0.25) is 0 Å². The maximum atomic E-state index is 11.7. The maximum absolute atomic E-state index is 11.7. The summed E-state index contributed by atoms with van der Waals surface area (Å²) in [6, 6.07) is 0.335. The minimum atomic E-state index is 0.0213. The Morgan fingerprint density at radius 2 is 1.69 bits per heavy atom. The molecule has 0 saturated carbocycles. The summed E-state index contributed by atoms with van der Waals surface area (Å²) in [4.78, 5) is 15.0. The molecule has 1 atom stereocenters. The lowest BCUT2D eigenvalue weighted by Gasteiger charge is -2.31. The van der Waals surface area contributed by atoms with Crippen LogP contribution in [-0.2, 0) is 0 Å². The molecule has 13 heavy (non-hydrogen) atoms. The molecule has 0 aliphatic heterocycles. The number of urea groups is 1. The molecule has 1 unspecified atom stereocenters. The molecule has 0 spiro atoms. The van der Waals surface area contributed by atoms with E-state index in [0.29, 0.717) is 6.54 Å². The van der Waals surface area contributed by atoms with Crippen molar-refractivity contribution in [3.05, 3.63) is 0 Å². The smallest absolute Gasteiger partial charge is 0.319 e. The Morgan fingerprint density at radius 3 is 2.00 bits per heavy atom. The molecular weight excluding hydrogens is 166 g/mol. The number of hydrogen-bond acceptors (Lipinski definition) is 2. The summed E-state index contributed by atoms with van der Waals surface area (Å²) in [6.45, 7) is 6.40. The van der Waals surface area contributed by atoms with Crippen molar-refractivity contribution in [2.75, 3.05) is 20.6 Å². The van der Waals surface area contributed by atoms with E-state index in [0.717, 1.165) is 0 Å². The molecule has 0 aromatic carbocycles. The lowest BCUT2D eigenvalue weighted by Crippen LogP contribution is -2.48. The van der Waals surface area contributed by atoms with Gasteiger partial charge < -0.3 is 15.5 Å². The number of carbonyl (C=O) groups is 1. The number of nitrogens with two attached hydrogens (primary N) is 1. The number of carbonyl (C=O) groups excluding carboxylic acids is 1. The largest absolute Gasteiger partial charge is 0.328 e. The maximum Gasteiger partial charge on any atom is 0.319 e. The van der Waals surface area contributed by atoms with Crippen molar-refractivity contribution < 1.29 is 4.79 Å². The van der Waals surface area contributed by atoms with Gasteiger partial charge in [-0.15, -0.1) is 0 Å². The first-order valence-electron chi connectivity index (χ1n) is 4.61. The molecule has 2 amide bonds. The third-order valence-corrected chi connectivity index (χ3v) is 2.38. The van der Waals surface area contributed by atoms with Crippen LogP contribution in [0, 0.1) is 0 Å².